The number of aliphatic hydroxyl groups is 1. The minimum atomic E-state index is -4.98. The Hall–Kier alpha value is -2.95. The lowest BCUT2D eigenvalue weighted by atomic mass is 9.89. The second-order valence-electron chi connectivity index (χ2n) is 10.1. The molecule has 34 heavy (non-hydrogen) atoms. The van der Waals surface area contributed by atoms with Crippen molar-refractivity contribution in [3.63, 3.8) is 0 Å². The van der Waals surface area contributed by atoms with Crippen LogP contribution in [0.3, 0.4) is 0 Å². The largest absolute Gasteiger partial charge is 0.424 e. The Morgan fingerprint density at radius 1 is 1.29 bits per heavy atom. The molecule has 3 aromatic rings. The monoisotopic (exact) mass is 479 g/mol. The SMILES string of the molecule is Cn1ccnc1C(O)(CCNC(=O)c1cc(C2CC2)nc2onc(CC(C)(C)C)c12)C(F)(F)F. The predicted molar refractivity (Wildman–Crippen MR) is 117 cm³/mol. The van der Waals surface area contributed by atoms with E-state index in [9.17, 15) is 23.1 Å². The summed E-state index contributed by atoms with van der Waals surface area (Å²) in [5.41, 5.74) is -1.57. The van der Waals surface area contributed by atoms with Crippen molar-refractivity contribution in [1.82, 2.24) is 25.0 Å². The molecule has 0 aliphatic heterocycles. The van der Waals surface area contributed by atoms with E-state index in [1.54, 1.807) is 6.07 Å². The number of imidazole rings is 1. The normalized spacial score (nSPS) is 16.6. The van der Waals surface area contributed by atoms with Crippen LogP contribution < -0.4 is 5.32 Å². The molecule has 3 heterocycles. The zero-order valence-electron chi connectivity index (χ0n) is 19.5. The highest BCUT2D eigenvalue weighted by Gasteiger charge is 2.57. The predicted octanol–water partition coefficient (Wildman–Crippen LogP) is 3.99. The molecule has 1 amide bonds. The number of aryl methyl sites for hydroxylation is 1. The number of hydrogen-bond donors (Lipinski definition) is 2. The quantitative estimate of drug-likeness (QED) is 0.531. The van der Waals surface area contributed by atoms with Crippen molar-refractivity contribution in [1.29, 1.82) is 0 Å². The minimum Gasteiger partial charge on any atom is -0.374 e. The van der Waals surface area contributed by atoms with Gasteiger partial charge in [0.2, 0.25) is 5.60 Å². The molecule has 1 unspecified atom stereocenters. The number of aromatic nitrogens is 4. The lowest BCUT2D eigenvalue weighted by molar-refractivity contribution is -0.272. The smallest absolute Gasteiger partial charge is 0.374 e. The maximum atomic E-state index is 13.8. The molecule has 4 rings (SSSR count). The van der Waals surface area contributed by atoms with Crippen LogP contribution in [0.25, 0.3) is 11.1 Å². The van der Waals surface area contributed by atoms with E-state index in [0.29, 0.717) is 23.2 Å². The standard InChI is InChI=1S/C23H28F3N5O3/c1-21(2,3)12-16-17-14(11-15(13-5-6-13)29-19(17)34-30-16)18(32)27-8-7-22(33,23(24,25)26)20-28-9-10-31(20)4/h9-11,13,33H,5-8,12H2,1-4H3,(H,27,32). The molecular weight excluding hydrogens is 451 g/mol. The number of alkyl halides is 3. The summed E-state index contributed by atoms with van der Waals surface area (Å²) in [6.45, 7) is 5.64. The lowest BCUT2D eigenvalue weighted by Crippen LogP contribution is -2.46. The molecule has 0 radical (unpaired) electrons. The molecule has 1 saturated carbocycles. The van der Waals surface area contributed by atoms with Gasteiger partial charge in [-0.15, -0.1) is 0 Å². The van der Waals surface area contributed by atoms with E-state index in [0.717, 1.165) is 17.4 Å². The minimum absolute atomic E-state index is 0.141. The van der Waals surface area contributed by atoms with Gasteiger partial charge < -0.3 is 19.5 Å². The maximum absolute atomic E-state index is 13.8. The Labute approximate surface area is 194 Å². The average molecular weight is 480 g/mol. The summed E-state index contributed by atoms with van der Waals surface area (Å²) in [6.07, 6.45) is -0.849. The molecule has 1 aliphatic rings. The molecule has 3 aromatic heterocycles. The van der Waals surface area contributed by atoms with Crippen molar-refractivity contribution in [2.75, 3.05) is 6.54 Å². The van der Waals surface area contributed by atoms with Gasteiger partial charge in [0.1, 0.15) is 5.82 Å². The number of nitrogens with zero attached hydrogens (tertiary/aromatic N) is 4. The molecule has 1 atom stereocenters. The zero-order valence-corrected chi connectivity index (χ0v) is 19.5. The van der Waals surface area contributed by atoms with Gasteiger partial charge in [0.25, 0.3) is 11.6 Å². The second-order valence-corrected chi connectivity index (χ2v) is 10.1. The van der Waals surface area contributed by atoms with Gasteiger partial charge in [-0.05, 0) is 30.7 Å². The molecule has 184 valence electrons. The highest BCUT2D eigenvalue weighted by Crippen LogP contribution is 2.42. The Bertz CT molecular complexity index is 1210. The van der Waals surface area contributed by atoms with E-state index < -0.39 is 36.5 Å². The summed E-state index contributed by atoms with van der Waals surface area (Å²) in [6, 6.07) is 1.67. The molecule has 1 fully saturated rings. The molecule has 11 heteroatoms. The van der Waals surface area contributed by atoms with Crippen molar-refractivity contribution in [3.8, 4) is 0 Å². The van der Waals surface area contributed by atoms with Crippen LogP contribution in [-0.4, -0.2) is 43.4 Å². The van der Waals surface area contributed by atoms with Crippen molar-refractivity contribution in [2.45, 2.75) is 64.1 Å². The van der Waals surface area contributed by atoms with Crippen LogP contribution >= 0.6 is 0 Å². The van der Waals surface area contributed by atoms with Gasteiger partial charge >= 0.3 is 6.18 Å². The fraction of sp³-hybridized carbons (Fsp3) is 0.565. The summed E-state index contributed by atoms with van der Waals surface area (Å²) in [7, 11) is 1.37. The maximum Gasteiger partial charge on any atom is 0.424 e. The van der Waals surface area contributed by atoms with Gasteiger partial charge in [-0.25, -0.2) is 9.97 Å². The average Bonchev–Trinajstić information content (AvgIpc) is 3.38. The van der Waals surface area contributed by atoms with Crippen LogP contribution in [0.4, 0.5) is 13.2 Å². The first-order chi connectivity index (χ1) is 15.8. The third kappa shape index (κ3) is 4.66. The molecule has 0 bridgehead atoms. The van der Waals surface area contributed by atoms with Gasteiger partial charge in [-0.2, -0.15) is 13.2 Å². The molecule has 0 aromatic carbocycles. The number of fused-ring (bicyclic) bond motifs is 1. The van der Waals surface area contributed by atoms with E-state index in [1.807, 2.05) is 20.8 Å². The Balaban J connectivity index is 1.61. The highest BCUT2D eigenvalue weighted by atomic mass is 19.4. The number of halogens is 3. The van der Waals surface area contributed by atoms with E-state index in [4.69, 9.17) is 4.52 Å². The number of rotatable bonds is 7. The van der Waals surface area contributed by atoms with Crippen molar-refractivity contribution in [3.05, 3.63) is 41.2 Å². The van der Waals surface area contributed by atoms with E-state index in [-0.39, 0.29) is 22.6 Å². The van der Waals surface area contributed by atoms with Crippen LogP contribution in [0, 0.1) is 5.41 Å². The van der Waals surface area contributed by atoms with Crippen molar-refractivity contribution < 1.29 is 27.6 Å². The zero-order chi connectivity index (χ0) is 24.9. The Morgan fingerprint density at radius 2 is 2.00 bits per heavy atom. The third-order valence-electron chi connectivity index (χ3n) is 5.91. The van der Waals surface area contributed by atoms with Gasteiger partial charge in [0.05, 0.1) is 16.6 Å². The van der Waals surface area contributed by atoms with Crippen LogP contribution in [0.5, 0.6) is 0 Å². The number of carbonyl (C=O) groups is 1. The number of carbonyl (C=O) groups excluding carboxylic acids is 1. The highest BCUT2D eigenvalue weighted by molar-refractivity contribution is 6.06. The topological polar surface area (TPSA) is 106 Å². The number of pyridine rings is 1. The van der Waals surface area contributed by atoms with Crippen molar-refractivity contribution >= 4 is 17.0 Å². The van der Waals surface area contributed by atoms with E-state index in [2.05, 4.69) is 20.4 Å². The molecular formula is C23H28F3N5O3. The van der Waals surface area contributed by atoms with Crippen LogP contribution in [-0.2, 0) is 19.1 Å². The summed E-state index contributed by atoms with van der Waals surface area (Å²) >= 11 is 0. The van der Waals surface area contributed by atoms with E-state index >= 15 is 0 Å². The Morgan fingerprint density at radius 3 is 2.56 bits per heavy atom. The van der Waals surface area contributed by atoms with E-state index in [1.165, 1.54) is 19.4 Å². The second kappa shape index (κ2) is 8.37. The fourth-order valence-corrected chi connectivity index (χ4v) is 4.02. The summed E-state index contributed by atoms with van der Waals surface area (Å²) in [5, 5.41) is 17.6. The molecule has 0 spiro atoms. The van der Waals surface area contributed by atoms with Crippen LogP contribution in [0.15, 0.2) is 23.0 Å². The van der Waals surface area contributed by atoms with Gasteiger partial charge in [-0.1, -0.05) is 25.9 Å². The number of amides is 1. The van der Waals surface area contributed by atoms with Crippen LogP contribution in [0.2, 0.25) is 0 Å². The third-order valence-corrected chi connectivity index (χ3v) is 5.91. The first-order valence-corrected chi connectivity index (χ1v) is 11.1. The first kappa shape index (κ1) is 24.2. The van der Waals surface area contributed by atoms with Gasteiger partial charge in [0.15, 0.2) is 0 Å². The van der Waals surface area contributed by atoms with Gasteiger partial charge in [0, 0.05) is 44.0 Å². The number of nitrogens with one attached hydrogen (secondary N) is 1. The summed E-state index contributed by atoms with van der Waals surface area (Å²) < 4.78 is 47.9. The summed E-state index contributed by atoms with van der Waals surface area (Å²) in [5.74, 6) is -0.883. The van der Waals surface area contributed by atoms with Gasteiger partial charge in [-0.3, -0.25) is 4.79 Å². The lowest BCUT2D eigenvalue weighted by Gasteiger charge is -2.30. The number of hydrogen-bond acceptors (Lipinski definition) is 6. The summed E-state index contributed by atoms with van der Waals surface area (Å²) in [4.78, 5) is 21.4. The molecule has 1 aliphatic carbocycles. The molecule has 8 nitrogen and oxygen atoms in total. The fourth-order valence-electron chi connectivity index (χ4n) is 4.02. The first-order valence-electron chi connectivity index (χ1n) is 11.1. The molecule has 0 saturated heterocycles. The molecule has 2 N–H and O–H groups in total. The van der Waals surface area contributed by atoms with Crippen molar-refractivity contribution in [2.24, 2.45) is 12.5 Å². The Kier molecular flexibility index (Phi) is 5.95. The van der Waals surface area contributed by atoms with Crippen LogP contribution in [0.1, 0.15) is 73.5 Å².